The topological polar surface area (TPSA) is 269 Å². The minimum atomic E-state index is -2.41. The number of aliphatic hydroxyl groups is 11. The van der Waals surface area contributed by atoms with Crippen LogP contribution in [0.2, 0.25) is 0 Å². The summed E-state index contributed by atoms with van der Waals surface area (Å²) >= 11 is 0. The second kappa shape index (κ2) is 11.2. The van der Waals surface area contributed by atoms with Crippen molar-refractivity contribution in [2.75, 3.05) is 26.4 Å². The summed E-state index contributed by atoms with van der Waals surface area (Å²) in [7, 11) is 0. The van der Waals surface area contributed by atoms with Gasteiger partial charge < -0.3 is 79.9 Å². The first-order valence-corrected chi connectivity index (χ1v) is 10.6. The lowest BCUT2D eigenvalue weighted by Gasteiger charge is -2.47. The highest BCUT2D eigenvalue weighted by Gasteiger charge is 2.59. The molecule has 3 fully saturated rings. The molecular formula is C18H32O16. The lowest BCUT2D eigenvalue weighted by Crippen LogP contribution is -2.66. The van der Waals surface area contributed by atoms with Crippen LogP contribution >= 0.6 is 0 Å². The van der Waals surface area contributed by atoms with Crippen LogP contribution in [0.25, 0.3) is 0 Å². The Hall–Kier alpha value is -0.640. The van der Waals surface area contributed by atoms with Gasteiger partial charge in [-0.1, -0.05) is 0 Å². The van der Waals surface area contributed by atoms with Gasteiger partial charge in [-0.25, -0.2) is 0 Å². The maximum absolute atomic E-state index is 10.6. The SMILES string of the molecule is OC[C@H]1O[C@](CO)(O[C@H]2O[C@H](CO)[C@@H](O)[C@H](O)[C@H]2O[C@H]2O[C@H](CO)[C@@H](O)[C@H](O)[C@H]2O)[C@@H](O)[C@@H]1O. The van der Waals surface area contributed by atoms with Gasteiger partial charge in [0.05, 0.1) is 19.8 Å². The monoisotopic (exact) mass is 504 g/mol. The normalized spacial score (nSPS) is 52.1. The van der Waals surface area contributed by atoms with Gasteiger partial charge in [0.25, 0.3) is 0 Å². The molecule has 3 saturated heterocycles. The van der Waals surface area contributed by atoms with E-state index in [0.717, 1.165) is 0 Å². The minimum absolute atomic E-state index is 0.764. The van der Waals surface area contributed by atoms with E-state index in [-0.39, 0.29) is 0 Å². The van der Waals surface area contributed by atoms with Crippen molar-refractivity contribution in [2.24, 2.45) is 0 Å². The Morgan fingerprint density at radius 2 is 1.12 bits per heavy atom. The molecule has 0 saturated carbocycles. The Morgan fingerprint density at radius 3 is 1.62 bits per heavy atom. The molecule has 16 nitrogen and oxygen atoms in total. The highest BCUT2D eigenvalue weighted by Crippen LogP contribution is 2.37. The predicted octanol–water partition coefficient (Wildman–Crippen LogP) is -7.57. The van der Waals surface area contributed by atoms with Gasteiger partial charge in [-0.15, -0.1) is 0 Å². The zero-order valence-electron chi connectivity index (χ0n) is 17.8. The Labute approximate surface area is 192 Å². The van der Waals surface area contributed by atoms with Crippen molar-refractivity contribution in [1.82, 2.24) is 0 Å². The van der Waals surface area contributed by atoms with Gasteiger partial charge in [0.2, 0.25) is 5.79 Å². The van der Waals surface area contributed by atoms with Crippen LogP contribution in [0, 0.1) is 0 Å². The van der Waals surface area contributed by atoms with Gasteiger partial charge in [0.15, 0.2) is 12.6 Å². The summed E-state index contributed by atoms with van der Waals surface area (Å²) in [5, 5.41) is 109. The Bertz CT molecular complexity index is 653. The molecule has 0 bridgehead atoms. The van der Waals surface area contributed by atoms with Gasteiger partial charge in [-0.2, -0.15) is 0 Å². The largest absolute Gasteiger partial charge is 0.394 e. The summed E-state index contributed by atoms with van der Waals surface area (Å²) < 4.78 is 26.9. The lowest BCUT2D eigenvalue weighted by atomic mass is 9.97. The molecule has 0 aromatic carbocycles. The van der Waals surface area contributed by atoms with Crippen LogP contribution in [-0.2, 0) is 23.7 Å². The Kier molecular flexibility index (Phi) is 9.18. The number of aliphatic hydroxyl groups excluding tert-OH is 11. The Balaban J connectivity index is 1.87. The molecule has 0 aliphatic carbocycles. The van der Waals surface area contributed by atoms with E-state index in [1.807, 2.05) is 0 Å². The first-order chi connectivity index (χ1) is 16.0. The number of rotatable bonds is 8. The highest BCUT2D eigenvalue weighted by molar-refractivity contribution is 4.99. The van der Waals surface area contributed by atoms with Crippen molar-refractivity contribution in [3.05, 3.63) is 0 Å². The molecular weight excluding hydrogens is 472 g/mol. The molecule has 3 aliphatic heterocycles. The molecule has 16 heteroatoms. The summed E-state index contributed by atoms with van der Waals surface area (Å²) in [4.78, 5) is 0. The van der Waals surface area contributed by atoms with E-state index in [4.69, 9.17) is 23.7 Å². The maximum atomic E-state index is 10.6. The summed E-state index contributed by atoms with van der Waals surface area (Å²) in [5.41, 5.74) is 0. The maximum Gasteiger partial charge on any atom is 0.224 e. The first kappa shape index (κ1) is 27.9. The molecule has 14 atom stereocenters. The van der Waals surface area contributed by atoms with Crippen molar-refractivity contribution in [3.8, 4) is 0 Å². The lowest BCUT2D eigenvalue weighted by molar-refractivity contribution is -0.408. The van der Waals surface area contributed by atoms with E-state index in [9.17, 15) is 56.2 Å². The smallest absolute Gasteiger partial charge is 0.224 e. The second-order valence-corrected chi connectivity index (χ2v) is 8.37. The van der Waals surface area contributed by atoms with Crippen LogP contribution in [0.4, 0.5) is 0 Å². The molecule has 3 aliphatic rings. The number of hydrogen-bond donors (Lipinski definition) is 11. The van der Waals surface area contributed by atoms with Crippen molar-refractivity contribution in [1.29, 1.82) is 0 Å². The first-order valence-electron chi connectivity index (χ1n) is 10.6. The average Bonchev–Trinajstić information content (AvgIpc) is 3.08. The zero-order valence-corrected chi connectivity index (χ0v) is 17.8. The Morgan fingerprint density at radius 1 is 0.588 bits per heavy atom. The van der Waals surface area contributed by atoms with Crippen LogP contribution < -0.4 is 0 Å². The molecule has 0 radical (unpaired) electrons. The van der Waals surface area contributed by atoms with Crippen molar-refractivity contribution in [2.45, 2.75) is 85.5 Å². The van der Waals surface area contributed by atoms with Crippen molar-refractivity contribution < 1.29 is 79.9 Å². The fourth-order valence-electron chi connectivity index (χ4n) is 4.10. The van der Waals surface area contributed by atoms with Crippen LogP contribution in [0.15, 0.2) is 0 Å². The quantitative estimate of drug-likeness (QED) is 0.146. The van der Waals surface area contributed by atoms with Crippen LogP contribution in [0.5, 0.6) is 0 Å². The molecule has 11 N–H and O–H groups in total. The molecule has 0 aromatic rings. The summed E-state index contributed by atoms with van der Waals surface area (Å²) in [5.74, 6) is -2.41. The standard InChI is InChI=1S/C18H32O16/c19-1-5-8(23)11(26)13(28)16(30-5)32-14-12(27)9(24)6(2-20)31-17(14)34-18(4-22)15(29)10(25)7(3-21)33-18/h5-17,19-29H,1-4H2/t5-,6-,7-,8-,9-,10-,11+,12+,13-,14-,15+,16-,17-,18-/m1/s1. The van der Waals surface area contributed by atoms with Crippen LogP contribution in [0.3, 0.4) is 0 Å². The van der Waals surface area contributed by atoms with Crippen molar-refractivity contribution in [3.63, 3.8) is 0 Å². The third-order valence-corrected chi connectivity index (χ3v) is 6.19. The van der Waals surface area contributed by atoms with E-state index in [1.54, 1.807) is 0 Å². The average molecular weight is 504 g/mol. The molecule has 3 rings (SSSR count). The summed E-state index contributed by atoms with van der Waals surface area (Å²) in [6, 6.07) is 0. The fraction of sp³-hybridized carbons (Fsp3) is 1.00. The minimum Gasteiger partial charge on any atom is -0.394 e. The third kappa shape index (κ3) is 4.96. The van der Waals surface area contributed by atoms with Gasteiger partial charge in [-0.05, 0) is 0 Å². The molecule has 0 aromatic heterocycles. The van der Waals surface area contributed by atoms with Crippen LogP contribution in [-0.4, -0.2) is 168 Å². The number of hydrogen-bond acceptors (Lipinski definition) is 16. The number of ether oxygens (including phenoxy) is 5. The van der Waals surface area contributed by atoms with E-state index in [1.165, 1.54) is 0 Å². The molecule has 3 heterocycles. The van der Waals surface area contributed by atoms with E-state index in [2.05, 4.69) is 0 Å². The fourth-order valence-corrected chi connectivity index (χ4v) is 4.10. The molecule has 0 amide bonds. The zero-order chi connectivity index (χ0) is 25.4. The highest BCUT2D eigenvalue weighted by atomic mass is 16.8. The summed E-state index contributed by atoms with van der Waals surface area (Å²) in [6.45, 7) is -3.45. The van der Waals surface area contributed by atoms with Gasteiger partial charge >= 0.3 is 0 Å². The van der Waals surface area contributed by atoms with E-state index >= 15 is 0 Å². The van der Waals surface area contributed by atoms with Gasteiger partial charge in [0.1, 0.15) is 73.8 Å². The molecule has 200 valence electrons. The summed E-state index contributed by atoms with van der Waals surface area (Å²) in [6.07, 6.45) is -22.4. The molecule has 0 unspecified atom stereocenters. The second-order valence-electron chi connectivity index (χ2n) is 8.37. The van der Waals surface area contributed by atoms with Crippen molar-refractivity contribution >= 4 is 0 Å². The van der Waals surface area contributed by atoms with Gasteiger partial charge in [0, 0.05) is 0 Å². The predicted molar refractivity (Wildman–Crippen MR) is 101 cm³/mol. The van der Waals surface area contributed by atoms with E-state index in [0.29, 0.717) is 0 Å². The molecule has 0 spiro atoms. The van der Waals surface area contributed by atoms with E-state index < -0.39 is 112 Å². The van der Waals surface area contributed by atoms with Crippen LogP contribution in [0.1, 0.15) is 0 Å². The molecule has 34 heavy (non-hydrogen) atoms. The third-order valence-electron chi connectivity index (χ3n) is 6.19. The van der Waals surface area contributed by atoms with Gasteiger partial charge in [-0.3, -0.25) is 0 Å².